The van der Waals surface area contributed by atoms with E-state index in [-0.39, 0.29) is 5.52 Å². The van der Waals surface area contributed by atoms with E-state index in [0.29, 0.717) is 17.9 Å². The number of hydrogen-bond donors (Lipinski definition) is 1. The molecule has 1 aromatic heterocycles. The van der Waals surface area contributed by atoms with E-state index in [0.717, 1.165) is 12.1 Å². The summed E-state index contributed by atoms with van der Waals surface area (Å²) < 4.78 is 39.4. The van der Waals surface area contributed by atoms with Gasteiger partial charge in [-0.05, 0) is 32.0 Å². The first-order chi connectivity index (χ1) is 8.34. The Hall–Kier alpha value is -1.56. The second kappa shape index (κ2) is 4.28. The standard InChI is InChI=1S/C12H13F3N2O/c1-3-17-10-5-4-8(12(13,14)15)6-9(10)16-11(17)7(2)18/h4-7,18H,3H2,1-2H3. The van der Waals surface area contributed by atoms with Crippen LogP contribution >= 0.6 is 0 Å². The molecule has 0 bridgehead atoms. The van der Waals surface area contributed by atoms with Crippen LogP contribution in [0.5, 0.6) is 0 Å². The van der Waals surface area contributed by atoms with Gasteiger partial charge in [-0.25, -0.2) is 4.98 Å². The minimum absolute atomic E-state index is 0.252. The maximum atomic E-state index is 12.6. The Balaban J connectivity index is 2.66. The molecule has 0 saturated heterocycles. The molecular formula is C12H13F3N2O. The Labute approximate surface area is 102 Å². The first-order valence-electron chi connectivity index (χ1n) is 5.60. The van der Waals surface area contributed by atoms with E-state index >= 15 is 0 Å². The number of aliphatic hydroxyl groups is 1. The molecule has 1 N–H and O–H groups in total. The van der Waals surface area contributed by atoms with Crippen molar-refractivity contribution in [3.05, 3.63) is 29.6 Å². The number of halogens is 3. The lowest BCUT2D eigenvalue weighted by atomic mass is 10.2. The molecule has 1 atom stereocenters. The summed E-state index contributed by atoms with van der Waals surface area (Å²) in [5.41, 5.74) is 0.122. The highest BCUT2D eigenvalue weighted by atomic mass is 19.4. The molecule has 0 saturated carbocycles. The molecule has 0 aliphatic rings. The number of alkyl halides is 3. The summed E-state index contributed by atoms with van der Waals surface area (Å²) in [6.07, 6.45) is -5.19. The van der Waals surface area contributed by atoms with Crippen molar-refractivity contribution in [2.75, 3.05) is 0 Å². The third kappa shape index (κ3) is 2.08. The summed E-state index contributed by atoms with van der Waals surface area (Å²) in [5, 5.41) is 9.56. The highest BCUT2D eigenvalue weighted by molar-refractivity contribution is 5.77. The van der Waals surface area contributed by atoms with E-state index in [1.54, 1.807) is 4.57 Å². The zero-order chi connectivity index (χ0) is 13.5. The van der Waals surface area contributed by atoms with Crippen molar-refractivity contribution in [3.8, 4) is 0 Å². The van der Waals surface area contributed by atoms with Gasteiger partial charge < -0.3 is 9.67 Å². The molecule has 0 aliphatic carbocycles. The highest BCUT2D eigenvalue weighted by Gasteiger charge is 2.31. The third-order valence-electron chi connectivity index (χ3n) is 2.79. The minimum Gasteiger partial charge on any atom is -0.385 e. The molecule has 0 amide bonds. The average molecular weight is 258 g/mol. The quantitative estimate of drug-likeness (QED) is 0.898. The van der Waals surface area contributed by atoms with E-state index in [2.05, 4.69) is 4.98 Å². The Kier molecular flexibility index (Phi) is 3.06. The summed E-state index contributed by atoms with van der Waals surface area (Å²) in [6, 6.07) is 3.43. The van der Waals surface area contributed by atoms with E-state index in [1.807, 2.05) is 6.92 Å². The van der Waals surface area contributed by atoms with Gasteiger partial charge in [0.05, 0.1) is 16.6 Å². The van der Waals surface area contributed by atoms with Crippen molar-refractivity contribution in [2.45, 2.75) is 32.7 Å². The van der Waals surface area contributed by atoms with Crippen LogP contribution in [0.25, 0.3) is 11.0 Å². The van der Waals surface area contributed by atoms with E-state index in [1.165, 1.54) is 13.0 Å². The van der Waals surface area contributed by atoms with E-state index in [9.17, 15) is 18.3 Å². The summed E-state index contributed by atoms with van der Waals surface area (Å²) in [6.45, 7) is 3.94. The number of aromatic nitrogens is 2. The zero-order valence-corrected chi connectivity index (χ0v) is 9.99. The van der Waals surface area contributed by atoms with Crippen molar-refractivity contribution in [1.29, 1.82) is 0 Å². The van der Waals surface area contributed by atoms with Gasteiger partial charge in [-0.15, -0.1) is 0 Å². The number of nitrogens with zero attached hydrogens (tertiary/aromatic N) is 2. The maximum Gasteiger partial charge on any atom is 0.416 e. The molecule has 0 fully saturated rings. The average Bonchev–Trinajstić information content (AvgIpc) is 2.65. The van der Waals surface area contributed by atoms with Crippen LogP contribution in [0.2, 0.25) is 0 Å². The number of imidazole rings is 1. The number of hydrogen-bond acceptors (Lipinski definition) is 2. The van der Waals surface area contributed by atoms with Gasteiger partial charge in [0, 0.05) is 6.54 Å². The third-order valence-corrected chi connectivity index (χ3v) is 2.79. The lowest BCUT2D eigenvalue weighted by molar-refractivity contribution is -0.137. The first-order valence-corrected chi connectivity index (χ1v) is 5.60. The molecule has 0 radical (unpaired) electrons. The van der Waals surface area contributed by atoms with E-state index < -0.39 is 17.8 Å². The Morgan fingerprint density at radius 1 is 1.39 bits per heavy atom. The van der Waals surface area contributed by atoms with Gasteiger partial charge in [0.2, 0.25) is 0 Å². The van der Waals surface area contributed by atoms with Gasteiger partial charge in [0.25, 0.3) is 0 Å². The largest absolute Gasteiger partial charge is 0.416 e. The molecule has 0 aliphatic heterocycles. The highest BCUT2D eigenvalue weighted by Crippen LogP contribution is 2.32. The smallest absolute Gasteiger partial charge is 0.385 e. The van der Waals surface area contributed by atoms with Gasteiger partial charge in [0.1, 0.15) is 11.9 Å². The molecular weight excluding hydrogens is 245 g/mol. The molecule has 3 nitrogen and oxygen atoms in total. The van der Waals surface area contributed by atoms with Crippen molar-refractivity contribution in [1.82, 2.24) is 9.55 Å². The van der Waals surface area contributed by atoms with Gasteiger partial charge in [0.15, 0.2) is 0 Å². The fraction of sp³-hybridized carbons (Fsp3) is 0.417. The zero-order valence-electron chi connectivity index (χ0n) is 9.99. The molecule has 1 heterocycles. The van der Waals surface area contributed by atoms with Crippen LogP contribution in [0.3, 0.4) is 0 Å². The molecule has 1 unspecified atom stereocenters. The normalized spacial score (nSPS) is 14.1. The van der Waals surface area contributed by atoms with Crippen LogP contribution in [0.1, 0.15) is 31.3 Å². The van der Waals surface area contributed by atoms with Crippen LogP contribution in [0.4, 0.5) is 13.2 Å². The number of fused-ring (bicyclic) bond motifs is 1. The minimum atomic E-state index is -4.38. The lowest BCUT2D eigenvalue weighted by Gasteiger charge is -2.08. The Bertz CT molecular complexity index is 572. The van der Waals surface area contributed by atoms with Gasteiger partial charge in [-0.1, -0.05) is 0 Å². The van der Waals surface area contributed by atoms with Crippen molar-refractivity contribution in [2.24, 2.45) is 0 Å². The SMILES string of the molecule is CCn1c(C(C)O)nc2cc(C(F)(F)F)ccc21. The molecule has 2 rings (SSSR count). The first kappa shape index (κ1) is 12.9. The van der Waals surface area contributed by atoms with Crippen molar-refractivity contribution in [3.63, 3.8) is 0 Å². The number of rotatable bonds is 2. The van der Waals surface area contributed by atoms with Crippen LogP contribution < -0.4 is 0 Å². The molecule has 6 heteroatoms. The molecule has 18 heavy (non-hydrogen) atoms. The Morgan fingerprint density at radius 3 is 2.56 bits per heavy atom. The van der Waals surface area contributed by atoms with Crippen molar-refractivity contribution < 1.29 is 18.3 Å². The predicted molar refractivity (Wildman–Crippen MR) is 61.0 cm³/mol. The number of aliphatic hydroxyl groups excluding tert-OH is 1. The predicted octanol–water partition coefficient (Wildman–Crippen LogP) is 3.13. The monoisotopic (exact) mass is 258 g/mol. The van der Waals surface area contributed by atoms with Crippen LogP contribution in [0.15, 0.2) is 18.2 Å². The fourth-order valence-corrected chi connectivity index (χ4v) is 1.98. The fourth-order valence-electron chi connectivity index (χ4n) is 1.98. The summed E-state index contributed by atoms with van der Waals surface area (Å²) >= 11 is 0. The van der Waals surface area contributed by atoms with Gasteiger partial charge >= 0.3 is 6.18 Å². The lowest BCUT2D eigenvalue weighted by Crippen LogP contribution is -2.05. The van der Waals surface area contributed by atoms with Crippen LogP contribution in [0, 0.1) is 0 Å². The Morgan fingerprint density at radius 2 is 2.06 bits per heavy atom. The summed E-state index contributed by atoms with van der Waals surface area (Å²) in [7, 11) is 0. The molecule has 1 aromatic carbocycles. The van der Waals surface area contributed by atoms with Gasteiger partial charge in [-0.3, -0.25) is 0 Å². The summed E-state index contributed by atoms with van der Waals surface area (Å²) in [5.74, 6) is 0.381. The molecule has 0 spiro atoms. The second-order valence-corrected chi connectivity index (χ2v) is 4.09. The molecule has 98 valence electrons. The van der Waals surface area contributed by atoms with Crippen LogP contribution in [-0.4, -0.2) is 14.7 Å². The van der Waals surface area contributed by atoms with Crippen molar-refractivity contribution >= 4 is 11.0 Å². The maximum absolute atomic E-state index is 12.6. The number of aryl methyl sites for hydroxylation is 1. The van der Waals surface area contributed by atoms with E-state index in [4.69, 9.17) is 0 Å². The topological polar surface area (TPSA) is 38.0 Å². The summed E-state index contributed by atoms with van der Waals surface area (Å²) in [4.78, 5) is 4.07. The number of benzene rings is 1. The second-order valence-electron chi connectivity index (χ2n) is 4.09. The van der Waals surface area contributed by atoms with Crippen LogP contribution in [-0.2, 0) is 12.7 Å². The molecule has 2 aromatic rings. The van der Waals surface area contributed by atoms with Gasteiger partial charge in [-0.2, -0.15) is 13.2 Å².